The molecule has 0 aliphatic carbocycles. The molecule has 0 saturated heterocycles. The van der Waals surface area contributed by atoms with E-state index in [2.05, 4.69) is 15.9 Å². The maximum atomic E-state index is 10.9. The number of aliphatic carboxylic acids is 1. The fourth-order valence-electron chi connectivity index (χ4n) is 1.68. The summed E-state index contributed by atoms with van der Waals surface area (Å²) in [4.78, 5) is 10.9. The highest BCUT2D eigenvalue weighted by atomic mass is 79.9. The van der Waals surface area contributed by atoms with Crippen LogP contribution in [0.25, 0.3) is 0 Å². The zero-order valence-electron chi connectivity index (χ0n) is 8.29. The molecule has 1 aromatic carbocycles. The first kappa shape index (κ1) is 10.5. The second-order valence-electron chi connectivity index (χ2n) is 3.65. The number of hydrogen-bond donors (Lipinski definition) is 1. The summed E-state index contributed by atoms with van der Waals surface area (Å²) in [5.41, 5.74) is 1.91. The number of carboxylic acid groups (broad SMARTS) is 1. The lowest BCUT2D eigenvalue weighted by Crippen LogP contribution is -2.07. The third-order valence-electron chi connectivity index (χ3n) is 2.63. The van der Waals surface area contributed by atoms with Gasteiger partial charge in [-0.15, -0.1) is 0 Å². The number of carboxylic acids is 1. The Morgan fingerprint density at radius 3 is 3.00 bits per heavy atom. The summed E-state index contributed by atoms with van der Waals surface area (Å²) in [6.45, 7) is 2.37. The molecular formula is C11H11BrO3. The number of fused-ring (bicyclic) bond motifs is 1. The van der Waals surface area contributed by atoms with Gasteiger partial charge in [-0.1, -0.05) is 6.07 Å². The number of carbonyl (C=O) groups is 1. The monoisotopic (exact) mass is 270 g/mol. The Balaban J connectivity index is 2.43. The molecular weight excluding hydrogens is 260 g/mol. The summed E-state index contributed by atoms with van der Waals surface area (Å²) in [7, 11) is 0. The summed E-state index contributed by atoms with van der Waals surface area (Å²) >= 11 is 3.40. The zero-order valence-corrected chi connectivity index (χ0v) is 9.87. The average Bonchev–Trinajstić information content (AvgIpc) is 2.64. The first-order valence-electron chi connectivity index (χ1n) is 4.77. The summed E-state index contributed by atoms with van der Waals surface area (Å²) in [5, 5.41) is 8.93. The van der Waals surface area contributed by atoms with Crippen LogP contribution in [0.2, 0.25) is 0 Å². The van der Waals surface area contributed by atoms with Gasteiger partial charge in [-0.25, -0.2) is 0 Å². The van der Waals surface area contributed by atoms with E-state index in [1.54, 1.807) is 6.92 Å². The Kier molecular flexibility index (Phi) is 2.69. The fourth-order valence-corrected chi connectivity index (χ4v) is 2.31. The molecule has 1 heterocycles. The first-order valence-corrected chi connectivity index (χ1v) is 5.57. The highest BCUT2D eigenvalue weighted by molar-refractivity contribution is 9.10. The minimum atomic E-state index is -0.805. The third kappa shape index (κ3) is 1.86. The molecule has 1 N–H and O–H groups in total. The zero-order chi connectivity index (χ0) is 11.0. The molecule has 1 unspecified atom stereocenters. The van der Waals surface area contributed by atoms with Gasteiger partial charge in [0.15, 0.2) is 0 Å². The fraction of sp³-hybridized carbons (Fsp3) is 0.364. The van der Waals surface area contributed by atoms with Crippen molar-refractivity contribution in [2.24, 2.45) is 0 Å². The molecule has 0 spiro atoms. The number of rotatable bonds is 2. The highest BCUT2D eigenvalue weighted by Crippen LogP contribution is 2.36. The predicted octanol–water partition coefficient (Wildman–Crippen LogP) is 2.57. The third-order valence-corrected chi connectivity index (χ3v) is 3.22. The van der Waals surface area contributed by atoms with E-state index in [1.807, 2.05) is 12.1 Å². The molecule has 4 heteroatoms. The second kappa shape index (κ2) is 3.85. The average molecular weight is 271 g/mol. The van der Waals surface area contributed by atoms with Crippen LogP contribution in [0.5, 0.6) is 5.75 Å². The van der Waals surface area contributed by atoms with Gasteiger partial charge in [-0.2, -0.15) is 0 Å². The smallest absolute Gasteiger partial charge is 0.310 e. The second-order valence-corrected chi connectivity index (χ2v) is 4.50. The molecule has 80 valence electrons. The molecule has 1 aliphatic heterocycles. The van der Waals surface area contributed by atoms with Crippen molar-refractivity contribution in [2.45, 2.75) is 19.3 Å². The predicted molar refractivity (Wildman–Crippen MR) is 59.4 cm³/mol. The van der Waals surface area contributed by atoms with Crippen LogP contribution in [0.4, 0.5) is 0 Å². The topological polar surface area (TPSA) is 46.5 Å². The van der Waals surface area contributed by atoms with Crippen LogP contribution < -0.4 is 4.74 Å². The van der Waals surface area contributed by atoms with Crippen LogP contribution in [-0.2, 0) is 11.2 Å². The molecule has 0 amide bonds. The van der Waals surface area contributed by atoms with Gasteiger partial charge in [0, 0.05) is 6.42 Å². The number of hydrogen-bond acceptors (Lipinski definition) is 2. The molecule has 15 heavy (non-hydrogen) atoms. The van der Waals surface area contributed by atoms with E-state index in [0.29, 0.717) is 6.61 Å². The van der Waals surface area contributed by atoms with Crippen LogP contribution in [0, 0.1) is 0 Å². The molecule has 0 fully saturated rings. The molecule has 1 aromatic rings. The summed E-state index contributed by atoms with van der Waals surface area (Å²) < 4.78 is 6.28. The standard InChI is InChI=1S/C11H11BrO3/c1-6(11(13)14)8-4-7-2-3-15-10(7)9(12)5-8/h4-6H,2-3H2,1H3,(H,13,14). The van der Waals surface area contributed by atoms with Crippen molar-refractivity contribution in [1.29, 1.82) is 0 Å². The number of ether oxygens (including phenoxy) is 1. The van der Waals surface area contributed by atoms with E-state index >= 15 is 0 Å². The van der Waals surface area contributed by atoms with E-state index in [9.17, 15) is 4.79 Å². The maximum Gasteiger partial charge on any atom is 0.310 e. The molecule has 2 rings (SSSR count). The summed E-state index contributed by atoms with van der Waals surface area (Å²) in [6, 6.07) is 3.74. The van der Waals surface area contributed by atoms with Gasteiger partial charge in [-0.05, 0) is 40.0 Å². The first-order chi connectivity index (χ1) is 7.09. The van der Waals surface area contributed by atoms with E-state index in [-0.39, 0.29) is 0 Å². The van der Waals surface area contributed by atoms with Crippen molar-refractivity contribution < 1.29 is 14.6 Å². The Bertz CT molecular complexity index is 415. The van der Waals surface area contributed by atoms with Crippen molar-refractivity contribution >= 4 is 21.9 Å². The molecule has 0 aromatic heterocycles. The molecule has 0 radical (unpaired) electrons. The molecule has 0 bridgehead atoms. The van der Waals surface area contributed by atoms with Crippen molar-refractivity contribution in [1.82, 2.24) is 0 Å². The lowest BCUT2D eigenvalue weighted by Gasteiger charge is -2.10. The van der Waals surface area contributed by atoms with Gasteiger partial charge in [0.1, 0.15) is 5.75 Å². The van der Waals surface area contributed by atoms with E-state index in [0.717, 1.165) is 27.8 Å². The Morgan fingerprint density at radius 2 is 2.33 bits per heavy atom. The van der Waals surface area contributed by atoms with Crippen LogP contribution in [0.15, 0.2) is 16.6 Å². The van der Waals surface area contributed by atoms with E-state index in [4.69, 9.17) is 9.84 Å². The minimum Gasteiger partial charge on any atom is -0.492 e. The number of benzene rings is 1. The maximum absolute atomic E-state index is 10.9. The van der Waals surface area contributed by atoms with Gasteiger partial charge in [0.05, 0.1) is 17.0 Å². The lowest BCUT2D eigenvalue weighted by molar-refractivity contribution is -0.138. The van der Waals surface area contributed by atoms with Crippen molar-refractivity contribution in [3.63, 3.8) is 0 Å². The van der Waals surface area contributed by atoms with Gasteiger partial charge < -0.3 is 9.84 Å². The van der Waals surface area contributed by atoms with E-state index < -0.39 is 11.9 Å². The van der Waals surface area contributed by atoms with Crippen molar-refractivity contribution in [3.8, 4) is 5.75 Å². The molecule has 0 saturated carbocycles. The van der Waals surface area contributed by atoms with Crippen molar-refractivity contribution in [2.75, 3.05) is 6.61 Å². The SMILES string of the molecule is CC(C(=O)O)c1cc(Br)c2c(c1)CCO2. The van der Waals surface area contributed by atoms with Crippen molar-refractivity contribution in [3.05, 3.63) is 27.7 Å². The normalized spacial score (nSPS) is 15.6. The Morgan fingerprint density at radius 1 is 1.60 bits per heavy atom. The molecule has 1 atom stereocenters. The van der Waals surface area contributed by atoms with Gasteiger partial charge >= 0.3 is 5.97 Å². The molecule has 1 aliphatic rings. The largest absolute Gasteiger partial charge is 0.492 e. The van der Waals surface area contributed by atoms with Crippen LogP contribution in [0.3, 0.4) is 0 Å². The minimum absolute atomic E-state index is 0.479. The Hall–Kier alpha value is -1.03. The lowest BCUT2D eigenvalue weighted by atomic mass is 9.98. The highest BCUT2D eigenvalue weighted by Gasteiger charge is 2.21. The molecule has 3 nitrogen and oxygen atoms in total. The van der Waals surface area contributed by atoms with Crippen LogP contribution in [0.1, 0.15) is 24.0 Å². The Labute approximate surface area is 96.2 Å². The van der Waals surface area contributed by atoms with Gasteiger partial charge in [0.25, 0.3) is 0 Å². The van der Waals surface area contributed by atoms with Crippen LogP contribution >= 0.6 is 15.9 Å². The summed E-state index contributed by atoms with van der Waals surface area (Å²) in [5.74, 6) is -0.427. The summed E-state index contributed by atoms with van der Waals surface area (Å²) in [6.07, 6.45) is 0.855. The van der Waals surface area contributed by atoms with Gasteiger partial charge in [0.2, 0.25) is 0 Å². The number of halogens is 1. The van der Waals surface area contributed by atoms with E-state index in [1.165, 1.54) is 0 Å². The quantitative estimate of drug-likeness (QED) is 0.899. The van der Waals surface area contributed by atoms with Crippen LogP contribution in [-0.4, -0.2) is 17.7 Å². The van der Waals surface area contributed by atoms with Gasteiger partial charge in [-0.3, -0.25) is 4.79 Å².